The molecule has 1 unspecified atom stereocenters. The van der Waals surface area contributed by atoms with Crippen molar-refractivity contribution < 1.29 is 13.9 Å². The summed E-state index contributed by atoms with van der Waals surface area (Å²) in [5.74, 6) is 0.609. The van der Waals surface area contributed by atoms with Gasteiger partial charge in [-0.05, 0) is 40.6 Å². The van der Waals surface area contributed by atoms with Crippen molar-refractivity contribution in [2.24, 2.45) is 0 Å². The predicted molar refractivity (Wildman–Crippen MR) is 96.6 cm³/mol. The monoisotopic (exact) mass is 369 g/mol. The zero-order valence-electron chi connectivity index (χ0n) is 13.8. The molecule has 0 saturated heterocycles. The number of benzene rings is 1. The molecular weight excluding hydrogens is 353 g/mol. The summed E-state index contributed by atoms with van der Waals surface area (Å²) in [5.41, 5.74) is 2.30. The van der Waals surface area contributed by atoms with Crippen LogP contribution in [0.1, 0.15) is 11.1 Å². The largest absolute Gasteiger partial charge is 0.487 e. The van der Waals surface area contributed by atoms with Gasteiger partial charge in [-0.3, -0.25) is 4.79 Å². The van der Waals surface area contributed by atoms with Crippen LogP contribution in [0.5, 0.6) is 5.75 Å². The van der Waals surface area contributed by atoms with Crippen LogP contribution in [0.4, 0.5) is 4.39 Å². The Morgan fingerprint density at radius 2 is 2.19 bits per heavy atom. The number of thiophene rings is 1. The maximum absolute atomic E-state index is 14.0. The first-order valence-electron chi connectivity index (χ1n) is 8.23. The summed E-state index contributed by atoms with van der Waals surface area (Å²) in [6, 6.07) is 6.48. The Balaban J connectivity index is 1.45. The van der Waals surface area contributed by atoms with E-state index in [0.29, 0.717) is 36.5 Å². The third-order valence-corrected chi connectivity index (χ3v) is 4.87. The van der Waals surface area contributed by atoms with E-state index in [1.54, 1.807) is 29.8 Å². The predicted octanol–water partition coefficient (Wildman–Crippen LogP) is 3.01. The number of nitrogens with one attached hydrogen (secondary N) is 1. The Hall–Kier alpha value is -2.80. The third-order valence-electron chi connectivity index (χ3n) is 4.14. The molecule has 0 aliphatic carbocycles. The number of hydrogen-bond donors (Lipinski definition) is 1. The number of carbonyl (C=O) groups excluding carboxylic acids is 1. The van der Waals surface area contributed by atoms with Gasteiger partial charge in [-0.1, -0.05) is 0 Å². The van der Waals surface area contributed by atoms with E-state index in [0.717, 1.165) is 11.1 Å². The lowest BCUT2D eigenvalue weighted by atomic mass is 10.1. The fourth-order valence-electron chi connectivity index (χ4n) is 2.98. The van der Waals surface area contributed by atoms with Gasteiger partial charge in [-0.2, -0.15) is 11.3 Å². The number of halogens is 1. The van der Waals surface area contributed by atoms with E-state index in [-0.39, 0.29) is 17.8 Å². The Bertz CT molecular complexity index is 916. The second kappa shape index (κ2) is 7.21. The summed E-state index contributed by atoms with van der Waals surface area (Å²) in [6.45, 7) is 0.369. The standard InChI is InChI=1S/C19H16FN3O2S/c20-14-7-13-8-15(10-23-17(24)6-12-2-5-26-11-12)25-18(13)16(9-14)19-21-3-1-4-22-19/h1-5,7,9,11,15H,6,8,10H2,(H,23,24). The van der Waals surface area contributed by atoms with Crippen molar-refractivity contribution in [1.29, 1.82) is 0 Å². The number of rotatable bonds is 5. The van der Waals surface area contributed by atoms with Crippen LogP contribution in [-0.2, 0) is 17.6 Å². The lowest BCUT2D eigenvalue weighted by molar-refractivity contribution is -0.120. The SMILES string of the molecule is O=C(Cc1ccsc1)NCC1Cc2cc(F)cc(-c3ncccn3)c2O1. The summed E-state index contributed by atoms with van der Waals surface area (Å²) in [5, 5.41) is 6.79. The van der Waals surface area contributed by atoms with Crippen LogP contribution in [0.15, 0.2) is 47.4 Å². The van der Waals surface area contributed by atoms with Crippen LogP contribution in [-0.4, -0.2) is 28.5 Å². The molecule has 7 heteroatoms. The van der Waals surface area contributed by atoms with Gasteiger partial charge >= 0.3 is 0 Å². The molecule has 1 aliphatic rings. The molecule has 4 rings (SSSR count). The molecule has 132 valence electrons. The molecule has 0 bridgehead atoms. The van der Waals surface area contributed by atoms with E-state index >= 15 is 0 Å². The third kappa shape index (κ3) is 3.57. The van der Waals surface area contributed by atoms with E-state index in [9.17, 15) is 9.18 Å². The van der Waals surface area contributed by atoms with Gasteiger partial charge in [0.15, 0.2) is 5.82 Å². The van der Waals surface area contributed by atoms with E-state index < -0.39 is 0 Å². The molecule has 0 radical (unpaired) electrons. The lowest BCUT2D eigenvalue weighted by Gasteiger charge is -2.13. The van der Waals surface area contributed by atoms with Gasteiger partial charge in [0.05, 0.1) is 18.5 Å². The second-order valence-electron chi connectivity index (χ2n) is 6.07. The molecule has 0 spiro atoms. The number of carbonyl (C=O) groups is 1. The maximum Gasteiger partial charge on any atom is 0.224 e. The van der Waals surface area contributed by atoms with E-state index in [1.807, 2.05) is 16.8 Å². The fourth-order valence-corrected chi connectivity index (χ4v) is 3.65. The van der Waals surface area contributed by atoms with Crippen molar-refractivity contribution in [3.8, 4) is 17.1 Å². The highest BCUT2D eigenvalue weighted by atomic mass is 32.1. The van der Waals surface area contributed by atoms with Crippen molar-refractivity contribution in [2.45, 2.75) is 18.9 Å². The van der Waals surface area contributed by atoms with Crippen molar-refractivity contribution in [3.05, 3.63) is 64.4 Å². The highest BCUT2D eigenvalue weighted by Crippen LogP contribution is 2.38. The molecule has 1 aromatic carbocycles. The first-order valence-corrected chi connectivity index (χ1v) is 9.17. The number of fused-ring (bicyclic) bond motifs is 1. The van der Waals surface area contributed by atoms with Crippen LogP contribution in [0.25, 0.3) is 11.4 Å². The van der Waals surface area contributed by atoms with Crippen molar-refractivity contribution in [2.75, 3.05) is 6.54 Å². The average Bonchev–Trinajstić information content (AvgIpc) is 3.29. The number of nitrogens with zero attached hydrogens (tertiary/aromatic N) is 2. The number of ether oxygens (including phenoxy) is 1. The van der Waals surface area contributed by atoms with Gasteiger partial charge in [0.2, 0.25) is 5.91 Å². The summed E-state index contributed by atoms with van der Waals surface area (Å²) < 4.78 is 20.0. The second-order valence-corrected chi connectivity index (χ2v) is 6.85. The fraction of sp³-hybridized carbons (Fsp3) is 0.211. The summed E-state index contributed by atoms with van der Waals surface area (Å²) >= 11 is 1.57. The zero-order valence-corrected chi connectivity index (χ0v) is 14.6. The van der Waals surface area contributed by atoms with Gasteiger partial charge in [0, 0.05) is 24.4 Å². The summed E-state index contributed by atoms with van der Waals surface area (Å²) in [4.78, 5) is 20.4. The van der Waals surface area contributed by atoms with Crippen LogP contribution in [0.3, 0.4) is 0 Å². The van der Waals surface area contributed by atoms with E-state index in [2.05, 4.69) is 15.3 Å². The first-order chi connectivity index (χ1) is 12.7. The highest BCUT2D eigenvalue weighted by Gasteiger charge is 2.28. The first kappa shape index (κ1) is 16.7. The normalized spacial score (nSPS) is 15.3. The molecule has 1 aliphatic heterocycles. The molecule has 3 aromatic rings. The average molecular weight is 369 g/mol. The zero-order chi connectivity index (χ0) is 17.9. The van der Waals surface area contributed by atoms with Crippen molar-refractivity contribution in [3.63, 3.8) is 0 Å². The molecule has 3 heterocycles. The minimum atomic E-state index is -0.350. The van der Waals surface area contributed by atoms with Crippen LogP contribution in [0.2, 0.25) is 0 Å². The molecule has 26 heavy (non-hydrogen) atoms. The number of amides is 1. The van der Waals surface area contributed by atoms with Gasteiger partial charge in [-0.15, -0.1) is 0 Å². The van der Waals surface area contributed by atoms with Gasteiger partial charge < -0.3 is 10.1 Å². The van der Waals surface area contributed by atoms with Crippen molar-refractivity contribution in [1.82, 2.24) is 15.3 Å². The maximum atomic E-state index is 14.0. The minimum absolute atomic E-state index is 0.0549. The highest BCUT2D eigenvalue weighted by molar-refractivity contribution is 7.08. The minimum Gasteiger partial charge on any atom is -0.487 e. The number of hydrogen-bond acceptors (Lipinski definition) is 5. The van der Waals surface area contributed by atoms with E-state index in [1.165, 1.54) is 12.1 Å². The Kier molecular flexibility index (Phi) is 4.62. The number of aromatic nitrogens is 2. The molecular formula is C19H16FN3O2S. The quantitative estimate of drug-likeness (QED) is 0.751. The molecule has 5 nitrogen and oxygen atoms in total. The van der Waals surface area contributed by atoms with Crippen LogP contribution in [0, 0.1) is 5.82 Å². The van der Waals surface area contributed by atoms with Crippen molar-refractivity contribution >= 4 is 17.2 Å². The van der Waals surface area contributed by atoms with Crippen LogP contribution >= 0.6 is 11.3 Å². The molecule has 1 N–H and O–H groups in total. The van der Waals surface area contributed by atoms with E-state index in [4.69, 9.17) is 4.74 Å². The Morgan fingerprint density at radius 3 is 2.96 bits per heavy atom. The smallest absolute Gasteiger partial charge is 0.224 e. The Labute approximate surface area is 153 Å². The molecule has 0 fully saturated rings. The molecule has 2 aromatic heterocycles. The molecule has 0 saturated carbocycles. The van der Waals surface area contributed by atoms with Gasteiger partial charge in [0.1, 0.15) is 17.7 Å². The summed E-state index contributed by atoms with van der Waals surface area (Å²) in [6.07, 6.45) is 3.86. The van der Waals surface area contributed by atoms with Gasteiger partial charge in [-0.25, -0.2) is 14.4 Å². The Morgan fingerprint density at radius 1 is 1.35 bits per heavy atom. The molecule has 1 amide bonds. The topological polar surface area (TPSA) is 64.1 Å². The molecule has 1 atom stereocenters. The van der Waals surface area contributed by atoms with Crippen LogP contribution < -0.4 is 10.1 Å². The van der Waals surface area contributed by atoms with Gasteiger partial charge in [0.25, 0.3) is 0 Å². The summed E-state index contributed by atoms with van der Waals surface area (Å²) in [7, 11) is 0. The lowest BCUT2D eigenvalue weighted by Crippen LogP contribution is -2.35.